The molecule has 19 heavy (non-hydrogen) atoms. The largest absolute Gasteiger partial charge is 0.261 e. The van der Waals surface area contributed by atoms with E-state index in [0.29, 0.717) is 17.2 Å². The number of halogens is 1. The van der Waals surface area contributed by atoms with Crippen molar-refractivity contribution in [3.05, 3.63) is 46.0 Å². The summed E-state index contributed by atoms with van der Waals surface area (Å²) in [5, 5.41) is 0. The Labute approximate surface area is 125 Å². The molecule has 102 valence electrons. The Balaban J connectivity index is 2.05. The van der Waals surface area contributed by atoms with Crippen molar-refractivity contribution in [3.8, 4) is 0 Å². The quantitative estimate of drug-likeness (QED) is 0.823. The summed E-state index contributed by atoms with van der Waals surface area (Å²) in [6.45, 7) is 0.412. The summed E-state index contributed by atoms with van der Waals surface area (Å²) in [5.41, 5.74) is 0.886. The van der Waals surface area contributed by atoms with Crippen molar-refractivity contribution >= 4 is 37.3 Å². The van der Waals surface area contributed by atoms with E-state index in [0.717, 1.165) is 9.48 Å². The van der Waals surface area contributed by atoms with Crippen molar-refractivity contribution in [2.24, 2.45) is 0 Å². The Bertz CT molecular complexity index is 641. The Morgan fingerprint density at radius 3 is 2.68 bits per heavy atom. The number of likely N-dealkylation sites (N-methyl/N-ethyl adjacent to an activating group) is 1. The lowest BCUT2D eigenvalue weighted by Gasteiger charge is -2.15. The smallest absolute Gasteiger partial charge is 0.252 e. The highest BCUT2D eigenvalue weighted by atomic mass is 79.9. The lowest BCUT2D eigenvalue weighted by molar-refractivity contribution is 0.472. The van der Waals surface area contributed by atoms with Gasteiger partial charge in [0.05, 0.1) is 3.79 Å². The fraction of sp³-hybridized carbons (Fsp3) is 0.250. The molecule has 0 bridgehead atoms. The second-order valence-corrected chi connectivity index (χ2v) is 8.69. The highest BCUT2D eigenvalue weighted by molar-refractivity contribution is 9.11. The van der Waals surface area contributed by atoms with Gasteiger partial charge in [0, 0.05) is 31.9 Å². The molecule has 4 nitrogen and oxygen atoms in total. The zero-order valence-electron chi connectivity index (χ0n) is 10.3. The average Bonchev–Trinajstić information content (AvgIpc) is 2.84. The molecule has 0 aromatic carbocycles. The van der Waals surface area contributed by atoms with Crippen LogP contribution in [0.2, 0.25) is 0 Å². The minimum atomic E-state index is -3.39. The van der Waals surface area contributed by atoms with E-state index in [1.165, 1.54) is 15.6 Å². The minimum Gasteiger partial charge on any atom is -0.261 e. The molecule has 0 aliphatic rings. The fourth-order valence-corrected chi connectivity index (χ4v) is 4.92. The number of aromatic nitrogens is 1. The van der Waals surface area contributed by atoms with Gasteiger partial charge in [-0.15, -0.1) is 11.3 Å². The molecule has 0 atom stereocenters. The second-order valence-electron chi connectivity index (χ2n) is 3.96. The first-order chi connectivity index (χ1) is 9.00. The van der Waals surface area contributed by atoms with E-state index < -0.39 is 10.0 Å². The molecule has 0 unspecified atom stereocenters. The summed E-state index contributed by atoms with van der Waals surface area (Å²) in [4.78, 5) is 4.18. The van der Waals surface area contributed by atoms with E-state index in [9.17, 15) is 8.42 Å². The second kappa shape index (κ2) is 6.13. The van der Waals surface area contributed by atoms with Crippen molar-refractivity contribution in [1.29, 1.82) is 0 Å². The number of pyridine rings is 1. The lowest BCUT2D eigenvalue weighted by atomic mass is 10.3. The standard InChI is InChI=1S/C12H13BrN2O2S2/c1-15(9-7-10-4-2-3-8-14-10)19(16,17)12-6-5-11(13)18-12/h2-6,8H,7,9H2,1H3. The van der Waals surface area contributed by atoms with Gasteiger partial charge in [-0.3, -0.25) is 4.98 Å². The minimum absolute atomic E-state index is 0.350. The van der Waals surface area contributed by atoms with Gasteiger partial charge in [-0.05, 0) is 40.2 Å². The monoisotopic (exact) mass is 360 g/mol. The van der Waals surface area contributed by atoms with Crippen LogP contribution in [0.3, 0.4) is 0 Å². The normalized spacial score (nSPS) is 11.9. The van der Waals surface area contributed by atoms with Crippen LogP contribution in [-0.2, 0) is 16.4 Å². The molecule has 0 spiro atoms. The highest BCUT2D eigenvalue weighted by Crippen LogP contribution is 2.27. The van der Waals surface area contributed by atoms with Crippen molar-refractivity contribution in [3.63, 3.8) is 0 Å². The fourth-order valence-electron chi connectivity index (χ4n) is 1.53. The molecule has 0 aliphatic carbocycles. The molecule has 0 amide bonds. The zero-order valence-corrected chi connectivity index (χ0v) is 13.5. The summed E-state index contributed by atoms with van der Waals surface area (Å²) in [6.07, 6.45) is 2.31. The van der Waals surface area contributed by atoms with Gasteiger partial charge in [0.25, 0.3) is 10.0 Å². The summed E-state index contributed by atoms with van der Waals surface area (Å²) in [7, 11) is -1.81. The number of hydrogen-bond donors (Lipinski definition) is 0. The first-order valence-corrected chi connectivity index (χ1v) is 8.66. The van der Waals surface area contributed by atoms with Gasteiger partial charge in [0.15, 0.2) is 0 Å². The summed E-state index contributed by atoms with van der Waals surface area (Å²) in [6, 6.07) is 8.98. The molecule has 7 heteroatoms. The number of rotatable bonds is 5. The first-order valence-electron chi connectivity index (χ1n) is 5.62. The lowest BCUT2D eigenvalue weighted by Crippen LogP contribution is -2.28. The van der Waals surface area contributed by atoms with Crippen LogP contribution in [0.25, 0.3) is 0 Å². The molecule has 0 fully saturated rings. The van der Waals surface area contributed by atoms with Gasteiger partial charge >= 0.3 is 0 Å². The molecule has 2 aromatic rings. The Morgan fingerprint density at radius 1 is 1.32 bits per heavy atom. The Hall–Kier alpha value is -0.760. The highest BCUT2D eigenvalue weighted by Gasteiger charge is 2.22. The molecular weight excluding hydrogens is 348 g/mol. The third-order valence-electron chi connectivity index (χ3n) is 2.62. The third kappa shape index (κ3) is 3.62. The average molecular weight is 361 g/mol. The third-order valence-corrected chi connectivity index (χ3v) is 6.57. The van der Waals surface area contributed by atoms with Gasteiger partial charge in [-0.1, -0.05) is 6.07 Å². The van der Waals surface area contributed by atoms with Crippen LogP contribution in [0.4, 0.5) is 0 Å². The summed E-state index contributed by atoms with van der Waals surface area (Å²) < 4.78 is 27.0. The van der Waals surface area contributed by atoms with Crippen molar-refractivity contribution in [2.75, 3.05) is 13.6 Å². The number of nitrogens with zero attached hydrogens (tertiary/aromatic N) is 2. The van der Waals surface area contributed by atoms with Crippen LogP contribution in [0, 0.1) is 0 Å². The zero-order chi connectivity index (χ0) is 13.9. The maximum absolute atomic E-state index is 12.3. The van der Waals surface area contributed by atoms with Crippen LogP contribution in [0.15, 0.2) is 44.5 Å². The predicted molar refractivity (Wildman–Crippen MR) is 79.8 cm³/mol. The Kier molecular flexibility index (Phi) is 4.72. The van der Waals surface area contributed by atoms with E-state index in [2.05, 4.69) is 20.9 Å². The van der Waals surface area contributed by atoms with Crippen LogP contribution in [0.1, 0.15) is 5.69 Å². The van der Waals surface area contributed by atoms with Crippen LogP contribution < -0.4 is 0 Å². The molecule has 0 saturated carbocycles. The molecule has 0 radical (unpaired) electrons. The van der Waals surface area contributed by atoms with Crippen LogP contribution in [0.5, 0.6) is 0 Å². The van der Waals surface area contributed by atoms with E-state index in [4.69, 9.17) is 0 Å². The van der Waals surface area contributed by atoms with Gasteiger partial charge in [-0.2, -0.15) is 4.31 Å². The number of thiophene rings is 1. The molecule has 2 aromatic heterocycles. The van der Waals surface area contributed by atoms with Crippen molar-refractivity contribution < 1.29 is 8.42 Å². The van der Waals surface area contributed by atoms with E-state index in [1.807, 2.05) is 18.2 Å². The van der Waals surface area contributed by atoms with Gasteiger partial charge in [-0.25, -0.2) is 8.42 Å². The topological polar surface area (TPSA) is 50.3 Å². The molecule has 2 rings (SSSR count). The molecular formula is C12H13BrN2O2S2. The van der Waals surface area contributed by atoms with Gasteiger partial charge in [0.2, 0.25) is 0 Å². The van der Waals surface area contributed by atoms with E-state index >= 15 is 0 Å². The maximum Gasteiger partial charge on any atom is 0.252 e. The number of sulfonamides is 1. The van der Waals surface area contributed by atoms with Crippen LogP contribution in [-0.4, -0.2) is 31.3 Å². The van der Waals surface area contributed by atoms with E-state index in [1.54, 1.807) is 25.4 Å². The van der Waals surface area contributed by atoms with Crippen molar-refractivity contribution in [2.45, 2.75) is 10.6 Å². The Morgan fingerprint density at radius 2 is 2.11 bits per heavy atom. The SMILES string of the molecule is CN(CCc1ccccn1)S(=O)(=O)c1ccc(Br)s1. The predicted octanol–water partition coefficient (Wildman–Crippen LogP) is 2.77. The van der Waals surface area contributed by atoms with Crippen molar-refractivity contribution in [1.82, 2.24) is 9.29 Å². The molecule has 2 heterocycles. The molecule has 0 N–H and O–H groups in total. The summed E-state index contributed by atoms with van der Waals surface area (Å²) in [5.74, 6) is 0. The maximum atomic E-state index is 12.3. The van der Waals surface area contributed by atoms with Gasteiger partial charge < -0.3 is 0 Å². The summed E-state index contributed by atoms with van der Waals surface area (Å²) >= 11 is 4.49. The van der Waals surface area contributed by atoms with Crippen LogP contribution >= 0.6 is 27.3 Å². The first kappa shape index (κ1) is 14.6. The molecule has 0 saturated heterocycles. The van der Waals surface area contributed by atoms with E-state index in [-0.39, 0.29) is 0 Å². The van der Waals surface area contributed by atoms with Gasteiger partial charge in [0.1, 0.15) is 4.21 Å². The number of hydrogen-bond acceptors (Lipinski definition) is 4. The molecule has 0 aliphatic heterocycles.